The molecule has 3 nitrogen and oxygen atoms in total. The number of hydrogen-bond donors (Lipinski definition) is 0. The molecule has 2 rings (SSSR count). The highest BCUT2D eigenvalue weighted by atomic mass is 16.5. The van der Waals surface area contributed by atoms with Crippen LogP contribution >= 0.6 is 0 Å². The lowest BCUT2D eigenvalue weighted by Gasteiger charge is -2.05. The van der Waals surface area contributed by atoms with Gasteiger partial charge in [-0.3, -0.25) is 4.79 Å². The maximum atomic E-state index is 11.8. The lowest BCUT2D eigenvalue weighted by molar-refractivity contribution is 0.294. The SMILES string of the molecule is CCCCOc1coc(Cc2ccccc2)cc1=O. The van der Waals surface area contributed by atoms with Gasteiger partial charge in [-0.15, -0.1) is 0 Å². The average molecular weight is 258 g/mol. The molecule has 1 aromatic heterocycles. The smallest absolute Gasteiger partial charge is 0.226 e. The van der Waals surface area contributed by atoms with E-state index >= 15 is 0 Å². The Bertz CT molecular complexity index is 558. The Kier molecular flexibility index (Phi) is 4.78. The van der Waals surface area contributed by atoms with Crippen LogP contribution in [0.25, 0.3) is 0 Å². The van der Waals surface area contributed by atoms with Crippen molar-refractivity contribution in [1.29, 1.82) is 0 Å². The molecule has 2 aromatic rings. The first-order valence-corrected chi connectivity index (χ1v) is 6.58. The fraction of sp³-hybridized carbons (Fsp3) is 0.312. The highest BCUT2D eigenvalue weighted by Gasteiger charge is 2.05. The van der Waals surface area contributed by atoms with E-state index in [0.29, 0.717) is 24.5 Å². The quantitative estimate of drug-likeness (QED) is 0.745. The van der Waals surface area contributed by atoms with Gasteiger partial charge in [-0.25, -0.2) is 0 Å². The van der Waals surface area contributed by atoms with Gasteiger partial charge in [-0.2, -0.15) is 0 Å². The molecule has 0 amide bonds. The number of ether oxygens (including phenoxy) is 1. The van der Waals surface area contributed by atoms with Crippen LogP contribution in [-0.4, -0.2) is 6.61 Å². The maximum Gasteiger partial charge on any atom is 0.226 e. The van der Waals surface area contributed by atoms with Gasteiger partial charge in [0.1, 0.15) is 12.0 Å². The van der Waals surface area contributed by atoms with Crippen molar-refractivity contribution in [3.8, 4) is 5.75 Å². The molecule has 0 unspecified atom stereocenters. The second kappa shape index (κ2) is 6.78. The monoisotopic (exact) mass is 258 g/mol. The Morgan fingerprint density at radius 3 is 2.68 bits per heavy atom. The van der Waals surface area contributed by atoms with Crippen LogP contribution in [0.2, 0.25) is 0 Å². The Morgan fingerprint density at radius 1 is 1.21 bits per heavy atom. The fourth-order valence-corrected chi connectivity index (χ4v) is 1.76. The summed E-state index contributed by atoms with van der Waals surface area (Å²) in [6.07, 6.45) is 4.00. The number of benzene rings is 1. The molecule has 0 saturated carbocycles. The van der Waals surface area contributed by atoms with Gasteiger partial charge >= 0.3 is 0 Å². The zero-order valence-electron chi connectivity index (χ0n) is 11.1. The van der Waals surface area contributed by atoms with Crippen molar-refractivity contribution in [2.45, 2.75) is 26.2 Å². The van der Waals surface area contributed by atoms with E-state index in [-0.39, 0.29) is 5.43 Å². The van der Waals surface area contributed by atoms with Gasteiger partial charge in [0, 0.05) is 12.5 Å². The highest BCUT2D eigenvalue weighted by Crippen LogP contribution is 2.11. The molecule has 1 heterocycles. The standard InChI is InChI=1S/C16H18O3/c1-2-3-9-18-16-12-19-14(11-15(16)17)10-13-7-5-4-6-8-13/h4-8,11-12H,2-3,9-10H2,1H3. The lowest BCUT2D eigenvalue weighted by Crippen LogP contribution is -2.09. The molecule has 0 bridgehead atoms. The van der Waals surface area contributed by atoms with Gasteiger partial charge in [0.25, 0.3) is 0 Å². The molecule has 0 N–H and O–H groups in total. The molecular formula is C16H18O3. The van der Waals surface area contributed by atoms with Crippen LogP contribution in [0.5, 0.6) is 5.75 Å². The van der Waals surface area contributed by atoms with Crippen LogP contribution in [-0.2, 0) is 6.42 Å². The summed E-state index contributed by atoms with van der Waals surface area (Å²) in [5.41, 5.74) is 0.999. The predicted molar refractivity (Wildman–Crippen MR) is 74.6 cm³/mol. The summed E-state index contributed by atoms with van der Waals surface area (Å²) in [4.78, 5) is 11.8. The molecule has 0 radical (unpaired) electrons. The molecule has 0 aliphatic heterocycles. The molecular weight excluding hydrogens is 240 g/mol. The molecule has 0 spiro atoms. The van der Waals surface area contributed by atoms with Crippen LogP contribution in [0.4, 0.5) is 0 Å². The van der Waals surface area contributed by atoms with Crippen molar-refractivity contribution in [3.05, 3.63) is 64.2 Å². The van der Waals surface area contributed by atoms with E-state index in [9.17, 15) is 4.79 Å². The summed E-state index contributed by atoms with van der Waals surface area (Å²) in [7, 11) is 0. The number of hydrogen-bond acceptors (Lipinski definition) is 3. The molecule has 3 heteroatoms. The van der Waals surface area contributed by atoms with Gasteiger partial charge in [-0.05, 0) is 12.0 Å². The third kappa shape index (κ3) is 3.98. The topological polar surface area (TPSA) is 39.4 Å². The van der Waals surface area contributed by atoms with Gasteiger partial charge in [-0.1, -0.05) is 43.7 Å². The molecule has 0 fully saturated rings. The minimum absolute atomic E-state index is 0.117. The molecule has 0 aliphatic rings. The average Bonchev–Trinajstić information content (AvgIpc) is 2.43. The second-order valence-corrected chi connectivity index (χ2v) is 4.44. The minimum atomic E-state index is -0.117. The third-order valence-electron chi connectivity index (χ3n) is 2.83. The molecule has 19 heavy (non-hydrogen) atoms. The largest absolute Gasteiger partial charge is 0.487 e. The zero-order valence-corrected chi connectivity index (χ0v) is 11.1. The molecule has 100 valence electrons. The van der Waals surface area contributed by atoms with E-state index in [1.807, 2.05) is 30.3 Å². The van der Waals surface area contributed by atoms with Crippen molar-refractivity contribution in [2.75, 3.05) is 6.61 Å². The van der Waals surface area contributed by atoms with Crippen LogP contribution in [0.15, 0.2) is 51.9 Å². The van der Waals surface area contributed by atoms with Crippen molar-refractivity contribution in [1.82, 2.24) is 0 Å². The third-order valence-corrected chi connectivity index (χ3v) is 2.83. The summed E-state index contributed by atoms with van der Waals surface area (Å²) in [6, 6.07) is 11.4. The molecule has 0 atom stereocenters. The van der Waals surface area contributed by atoms with Crippen LogP contribution in [0.1, 0.15) is 31.1 Å². The van der Waals surface area contributed by atoms with Crippen LogP contribution in [0.3, 0.4) is 0 Å². The summed E-state index contributed by atoms with van der Waals surface area (Å²) in [5.74, 6) is 0.948. The summed E-state index contributed by atoms with van der Waals surface area (Å²) in [5, 5.41) is 0. The normalized spacial score (nSPS) is 10.4. The van der Waals surface area contributed by atoms with Crippen molar-refractivity contribution in [3.63, 3.8) is 0 Å². The van der Waals surface area contributed by atoms with Crippen LogP contribution in [0, 0.1) is 0 Å². The van der Waals surface area contributed by atoms with E-state index in [4.69, 9.17) is 9.15 Å². The number of rotatable bonds is 6. The first-order chi connectivity index (χ1) is 9.29. The number of unbranched alkanes of at least 4 members (excludes halogenated alkanes) is 1. The van der Waals surface area contributed by atoms with Gasteiger partial charge in [0.15, 0.2) is 0 Å². The first-order valence-electron chi connectivity index (χ1n) is 6.58. The van der Waals surface area contributed by atoms with Crippen LogP contribution < -0.4 is 10.2 Å². The summed E-state index contributed by atoms with van der Waals surface area (Å²) < 4.78 is 10.8. The Labute approximate surface area is 112 Å². The van der Waals surface area contributed by atoms with Gasteiger partial charge in [0.2, 0.25) is 11.2 Å². The highest BCUT2D eigenvalue weighted by molar-refractivity contribution is 5.23. The predicted octanol–water partition coefficient (Wildman–Crippen LogP) is 3.41. The molecule has 1 aromatic carbocycles. The van der Waals surface area contributed by atoms with E-state index in [1.54, 1.807) is 0 Å². The van der Waals surface area contributed by atoms with E-state index < -0.39 is 0 Å². The Balaban J connectivity index is 2.04. The second-order valence-electron chi connectivity index (χ2n) is 4.44. The van der Waals surface area contributed by atoms with E-state index in [2.05, 4.69) is 6.92 Å². The van der Waals surface area contributed by atoms with Gasteiger partial charge in [0.05, 0.1) is 6.61 Å². The lowest BCUT2D eigenvalue weighted by atomic mass is 10.1. The van der Waals surface area contributed by atoms with E-state index in [0.717, 1.165) is 18.4 Å². The van der Waals surface area contributed by atoms with E-state index in [1.165, 1.54) is 12.3 Å². The fourth-order valence-electron chi connectivity index (χ4n) is 1.76. The summed E-state index contributed by atoms with van der Waals surface area (Å²) >= 11 is 0. The molecule has 0 aliphatic carbocycles. The maximum absolute atomic E-state index is 11.8. The minimum Gasteiger partial charge on any atom is -0.487 e. The molecule has 0 saturated heterocycles. The summed E-state index contributed by atoms with van der Waals surface area (Å²) in [6.45, 7) is 2.63. The van der Waals surface area contributed by atoms with Crippen molar-refractivity contribution >= 4 is 0 Å². The van der Waals surface area contributed by atoms with Gasteiger partial charge < -0.3 is 9.15 Å². The Hall–Kier alpha value is -2.03. The first kappa shape index (κ1) is 13.4. The van der Waals surface area contributed by atoms with Crippen molar-refractivity contribution < 1.29 is 9.15 Å². The zero-order chi connectivity index (χ0) is 13.5. The Morgan fingerprint density at radius 2 is 2.00 bits per heavy atom. The van der Waals surface area contributed by atoms with Crippen molar-refractivity contribution in [2.24, 2.45) is 0 Å².